The summed E-state index contributed by atoms with van der Waals surface area (Å²) >= 11 is 0. The van der Waals surface area contributed by atoms with Crippen molar-refractivity contribution < 1.29 is 14.3 Å². The molecule has 0 saturated carbocycles. The second-order valence-corrected chi connectivity index (χ2v) is 7.35. The average Bonchev–Trinajstić information content (AvgIpc) is 3.42. The molecule has 2 amide bonds. The van der Waals surface area contributed by atoms with E-state index in [-0.39, 0.29) is 30.7 Å². The number of aromatic nitrogens is 2. The van der Waals surface area contributed by atoms with E-state index in [1.807, 2.05) is 18.2 Å². The Balaban J connectivity index is 1.34. The number of anilines is 2. The molecule has 1 unspecified atom stereocenters. The second kappa shape index (κ2) is 8.46. The van der Waals surface area contributed by atoms with Crippen molar-refractivity contribution in [2.45, 2.75) is 25.8 Å². The predicted octanol–water partition coefficient (Wildman–Crippen LogP) is 1.75. The summed E-state index contributed by atoms with van der Waals surface area (Å²) in [5, 5.41) is 2.89. The van der Waals surface area contributed by atoms with Gasteiger partial charge in [-0.25, -0.2) is 9.97 Å². The number of carbonyl (C=O) groups excluding carboxylic acids is 2. The number of hydrogen-bond donors (Lipinski definition) is 1. The number of methoxy groups -OCH3 is 1. The van der Waals surface area contributed by atoms with E-state index in [9.17, 15) is 9.59 Å². The third kappa shape index (κ3) is 4.31. The fraction of sp³-hybridized carbons (Fsp3) is 0.429. The van der Waals surface area contributed by atoms with Gasteiger partial charge in [-0.2, -0.15) is 0 Å². The van der Waals surface area contributed by atoms with Crippen LogP contribution in [0.3, 0.4) is 0 Å². The molecule has 8 nitrogen and oxygen atoms in total. The Kier molecular flexibility index (Phi) is 5.59. The van der Waals surface area contributed by atoms with E-state index in [0.29, 0.717) is 12.4 Å². The van der Waals surface area contributed by atoms with E-state index in [1.54, 1.807) is 30.3 Å². The molecule has 1 atom stereocenters. The minimum Gasteiger partial charge on any atom is -0.497 e. The van der Waals surface area contributed by atoms with Crippen LogP contribution in [0.2, 0.25) is 0 Å². The molecule has 2 fully saturated rings. The summed E-state index contributed by atoms with van der Waals surface area (Å²) in [5.41, 5.74) is 0.771. The lowest BCUT2D eigenvalue weighted by Crippen LogP contribution is -2.33. The highest BCUT2D eigenvalue weighted by molar-refractivity contribution is 6.00. The Morgan fingerprint density at radius 2 is 1.97 bits per heavy atom. The molecule has 1 aromatic carbocycles. The summed E-state index contributed by atoms with van der Waals surface area (Å²) in [5.74, 6) is 1.63. The van der Waals surface area contributed by atoms with Gasteiger partial charge in [0.05, 0.1) is 19.6 Å². The van der Waals surface area contributed by atoms with Crippen molar-refractivity contribution in [2.24, 2.45) is 5.92 Å². The van der Waals surface area contributed by atoms with Gasteiger partial charge in [0.25, 0.3) is 0 Å². The number of nitrogens with one attached hydrogen (secondary N) is 1. The van der Waals surface area contributed by atoms with Gasteiger partial charge in [0.15, 0.2) is 0 Å². The first-order chi connectivity index (χ1) is 14.1. The van der Waals surface area contributed by atoms with Crippen LogP contribution in [0.1, 0.15) is 25.1 Å². The standard InChI is InChI=1S/C21H25N5O3/c1-29-17-6-4-16(5-7-17)26-14-15(12-20(26)27)21(28)23-13-18-22-9-8-19(24-18)25-10-2-3-11-25/h4-9,15H,2-3,10-14H2,1H3,(H,23,28). The highest BCUT2D eigenvalue weighted by Crippen LogP contribution is 2.27. The number of nitrogens with zero attached hydrogens (tertiary/aromatic N) is 4. The molecule has 1 aromatic heterocycles. The Morgan fingerprint density at radius 3 is 2.69 bits per heavy atom. The molecule has 2 aromatic rings. The number of benzene rings is 1. The highest BCUT2D eigenvalue weighted by atomic mass is 16.5. The van der Waals surface area contributed by atoms with Crippen LogP contribution in [-0.2, 0) is 16.1 Å². The van der Waals surface area contributed by atoms with Crippen LogP contribution in [0.25, 0.3) is 0 Å². The molecular formula is C21H25N5O3. The molecule has 2 aliphatic heterocycles. The van der Waals surface area contributed by atoms with Crippen molar-refractivity contribution in [3.05, 3.63) is 42.4 Å². The monoisotopic (exact) mass is 395 g/mol. The number of hydrogen-bond acceptors (Lipinski definition) is 6. The summed E-state index contributed by atoms with van der Waals surface area (Å²) in [6.45, 7) is 2.64. The fourth-order valence-corrected chi connectivity index (χ4v) is 3.80. The Hall–Kier alpha value is -3.16. The van der Waals surface area contributed by atoms with Crippen LogP contribution in [0.15, 0.2) is 36.5 Å². The van der Waals surface area contributed by atoms with Gasteiger partial charge in [-0.3, -0.25) is 9.59 Å². The smallest absolute Gasteiger partial charge is 0.227 e. The third-order valence-electron chi connectivity index (χ3n) is 5.42. The zero-order valence-corrected chi connectivity index (χ0v) is 16.5. The lowest BCUT2D eigenvalue weighted by atomic mass is 10.1. The number of rotatable bonds is 6. The summed E-state index contributed by atoms with van der Waals surface area (Å²) in [6, 6.07) is 9.17. The summed E-state index contributed by atoms with van der Waals surface area (Å²) < 4.78 is 5.15. The lowest BCUT2D eigenvalue weighted by molar-refractivity contribution is -0.126. The molecule has 0 bridgehead atoms. The minimum atomic E-state index is -0.383. The largest absolute Gasteiger partial charge is 0.497 e. The molecule has 0 aliphatic carbocycles. The van der Waals surface area contributed by atoms with Crippen LogP contribution in [-0.4, -0.2) is 48.5 Å². The number of ether oxygens (including phenoxy) is 1. The van der Waals surface area contributed by atoms with Gasteiger partial charge in [-0.05, 0) is 43.2 Å². The highest BCUT2D eigenvalue weighted by Gasteiger charge is 2.35. The molecule has 4 rings (SSSR count). The Labute approximate surface area is 169 Å². The van der Waals surface area contributed by atoms with Gasteiger partial charge < -0.3 is 19.9 Å². The number of amides is 2. The normalized spacial score (nSPS) is 18.9. The van der Waals surface area contributed by atoms with E-state index in [4.69, 9.17) is 4.74 Å². The molecule has 0 radical (unpaired) electrons. The Bertz CT molecular complexity index is 880. The van der Waals surface area contributed by atoms with Gasteiger partial charge in [-0.1, -0.05) is 0 Å². The maximum absolute atomic E-state index is 12.6. The predicted molar refractivity (Wildman–Crippen MR) is 109 cm³/mol. The molecule has 0 spiro atoms. The first-order valence-electron chi connectivity index (χ1n) is 9.93. The van der Waals surface area contributed by atoms with Crippen molar-refractivity contribution in [2.75, 3.05) is 36.5 Å². The van der Waals surface area contributed by atoms with E-state index in [0.717, 1.165) is 30.3 Å². The van der Waals surface area contributed by atoms with E-state index < -0.39 is 0 Å². The fourth-order valence-electron chi connectivity index (χ4n) is 3.80. The van der Waals surface area contributed by atoms with Crippen LogP contribution in [0.4, 0.5) is 11.5 Å². The van der Waals surface area contributed by atoms with Crippen molar-refractivity contribution in [1.29, 1.82) is 0 Å². The topological polar surface area (TPSA) is 87.7 Å². The quantitative estimate of drug-likeness (QED) is 0.802. The van der Waals surface area contributed by atoms with Crippen LogP contribution >= 0.6 is 0 Å². The van der Waals surface area contributed by atoms with Gasteiger partial charge in [-0.15, -0.1) is 0 Å². The van der Waals surface area contributed by atoms with Crippen LogP contribution in [0.5, 0.6) is 5.75 Å². The third-order valence-corrected chi connectivity index (χ3v) is 5.42. The second-order valence-electron chi connectivity index (χ2n) is 7.35. The van der Waals surface area contributed by atoms with Crippen molar-refractivity contribution in [1.82, 2.24) is 15.3 Å². The van der Waals surface area contributed by atoms with Crippen molar-refractivity contribution in [3.8, 4) is 5.75 Å². The van der Waals surface area contributed by atoms with Gasteiger partial charge in [0, 0.05) is 37.9 Å². The lowest BCUT2D eigenvalue weighted by Gasteiger charge is -2.17. The molecule has 152 valence electrons. The molecule has 3 heterocycles. The molecular weight excluding hydrogens is 370 g/mol. The molecule has 29 heavy (non-hydrogen) atoms. The van der Waals surface area contributed by atoms with Crippen molar-refractivity contribution in [3.63, 3.8) is 0 Å². The van der Waals surface area contributed by atoms with E-state index >= 15 is 0 Å². The van der Waals surface area contributed by atoms with Crippen LogP contribution < -0.4 is 19.9 Å². The van der Waals surface area contributed by atoms with E-state index in [2.05, 4.69) is 20.2 Å². The number of carbonyl (C=O) groups is 2. The first kappa shape index (κ1) is 19.2. The molecule has 2 aliphatic rings. The van der Waals surface area contributed by atoms with Gasteiger partial charge >= 0.3 is 0 Å². The van der Waals surface area contributed by atoms with Gasteiger partial charge in [0.2, 0.25) is 11.8 Å². The summed E-state index contributed by atoms with van der Waals surface area (Å²) in [6.07, 6.45) is 4.28. The van der Waals surface area contributed by atoms with Crippen molar-refractivity contribution >= 4 is 23.3 Å². The van der Waals surface area contributed by atoms with Gasteiger partial charge in [0.1, 0.15) is 17.4 Å². The summed E-state index contributed by atoms with van der Waals surface area (Å²) in [7, 11) is 1.60. The van der Waals surface area contributed by atoms with E-state index in [1.165, 1.54) is 12.8 Å². The maximum Gasteiger partial charge on any atom is 0.227 e. The zero-order chi connectivity index (χ0) is 20.2. The SMILES string of the molecule is COc1ccc(N2CC(C(=O)NCc3nccc(N4CCCC4)n3)CC2=O)cc1. The summed E-state index contributed by atoms with van der Waals surface area (Å²) in [4.78, 5) is 37.7. The first-order valence-corrected chi connectivity index (χ1v) is 9.93. The maximum atomic E-state index is 12.6. The molecule has 8 heteroatoms. The molecule has 2 saturated heterocycles. The van der Waals surface area contributed by atoms with Crippen LogP contribution in [0, 0.1) is 5.92 Å². The molecule has 1 N–H and O–H groups in total. The zero-order valence-electron chi connectivity index (χ0n) is 16.5. The Morgan fingerprint density at radius 1 is 1.21 bits per heavy atom. The minimum absolute atomic E-state index is 0.0532. The average molecular weight is 395 g/mol.